The molecule has 5 atom stereocenters. The first kappa shape index (κ1) is 19.4. The molecule has 2 fully saturated rings. The lowest BCUT2D eigenvalue weighted by Crippen LogP contribution is -2.44. The van der Waals surface area contributed by atoms with Gasteiger partial charge < -0.3 is 20.1 Å². The maximum Gasteiger partial charge on any atom is 0.347 e. The highest BCUT2D eigenvalue weighted by atomic mass is 16.5. The molecular weight excluding hydrogens is 380 g/mol. The molecule has 5 heteroatoms. The molecule has 2 saturated carbocycles. The second-order valence-electron chi connectivity index (χ2n) is 9.48. The zero-order valence-electron chi connectivity index (χ0n) is 17.2. The molecule has 0 amide bonds. The number of benzene rings is 2. The lowest BCUT2D eigenvalue weighted by molar-refractivity contribution is -0.0229. The van der Waals surface area contributed by atoms with Crippen molar-refractivity contribution in [2.24, 2.45) is 17.3 Å². The van der Waals surface area contributed by atoms with E-state index in [1.807, 2.05) is 0 Å². The Bertz CT molecular complexity index is 999. The Morgan fingerprint density at radius 3 is 2.70 bits per heavy atom. The molecule has 3 aliphatic carbocycles. The Kier molecular flexibility index (Phi) is 4.55. The lowest BCUT2D eigenvalue weighted by Gasteiger charge is -2.50. The molecular formula is C25H28O5. The number of hydrogen-bond acceptors (Lipinski definition) is 5. The van der Waals surface area contributed by atoms with E-state index in [-0.39, 0.29) is 34.5 Å². The zero-order chi connectivity index (χ0) is 21.0. The Hall–Kier alpha value is -2.53. The van der Waals surface area contributed by atoms with Crippen LogP contribution in [0.3, 0.4) is 0 Å². The van der Waals surface area contributed by atoms with Crippen molar-refractivity contribution >= 4 is 5.97 Å². The van der Waals surface area contributed by atoms with Crippen LogP contribution in [0.1, 0.15) is 66.4 Å². The minimum Gasteiger partial charge on any atom is -0.508 e. The molecule has 2 aromatic carbocycles. The van der Waals surface area contributed by atoms with Crippen molar-refractivity contribution in [2.75, 3.05) is 0 Å². The summed E-state index contributed by atoms with van der Waals surface area (Å²) < 4.78 is 5.76. The maximum atomic E-state index is 12.8. The second kappa shape index (κ2) is 7.02. The SMILES string of the molecule is C[C@]12CC[C@@H]3c4c(cc(O)cc4OC(=O)c4ccccc4O)CC[C@H]3[C@@H]1CC[C@H]2O. The number of fused-ring (bicyclic) bond motifs is 5. The molecule has 158 valence electrons. The van der Waals surface area contributed by atoms with Crippen LogP contribution in [-0.4, -0.2) is 27.4 Å². The zero-order valence-corrected chi connectivity index (χ0v) is 17.2. The van der Waals surface area contributed by atoms with E-state index in [0.717, 1.165) is 49.7 Å². The summed E-state index contributed by atoms with van der Waals surface area (Å²) >= 11 is 0. The van der Waals surface area contributed by atoms with Gasteiger partial charge in [-0.15, -0.1) is 0 Å². The van der Waals surface area contributed by atoms with Crippen molar-refractivity contribution < 1.29 is 24.9 Å². The van der Waals surface area contributed by atoms with Gasteiger partial charge in [-0.3, -0.25) is 0 Å². The third-order valence-corrected chi connectivity index (χ3v) is 8.04. The summed E-state index contributed by atoms with van der Waals surface area (Å²) in [6, 6.07) is 9.63. The van der Waals surface area contributed by atoms with E-state index in [0.29, 0.717) is 17.6 Å². The number of aliphatic hydroxyl groups is 1. The fourth-order valence-corrected chi connectivity index (χ4v) is 6.52. The van der Waals surface area contributed by atoms with Gasteiger partial charge in [0.1, 0.15) is 22.8 Å². The largest absolute Gasteiger partial charge is 0.508 e. The molecule has 5 nitrogen and oxygen atoms in total. The quantitative estimate of drug-likeness (QED) is 0.502. The normalized spacial score (nSPS) is 32.1. The summed E-state index contributed by atoms with van der Waals surface area (Å²) in [7, 11) is 0. The highest BCUT2D eigenvalue weighted by Crippen LogP contribution is 2.62. The lowest BCUT2D eigenvalue weighted by atomic mass is 9.55. The molecule has 0 spiro atoms. The van der Waals surface area contributed by atoms with Crippen LogP contribution < -0.4 is 4.74 Å². The van der Waals surface area contributed by atoms with Gasteiger partial charge in [0.05, 0.1) is 6.10 Å². The van der Waals surface area contributed by atoms with Gasteiger partial charge in [0, 0.05) is 11.6 Å². The van der Waals surface area contributed by atoms with Crippen molar-refractivity contribution in [1.82, 2.24) is 0 Å². The number of aryl methyl sites for hydroxylation is 1. The average molecular weight is 408 g/mol. The number of ether oxygens (including phenoxy) is 1. The van der Waals surface area contributed by atoms with Crippen molar-refractivity contribution in [3.05, 3.63) is 53.1 Å². The number of phenols is 2. The van der Waals surface area contributed by atoms with Gasteiger partial charge in [-0.25, -0.2) is 4.79 Å². The van der Waals surface area contributed by atoms with E-state index in [1.54, 1.807) is 18.2 Å². The molecule has 30 heavy (non-hydrogen) atoms. The summed E-state index contributed by atoms with van der Waals surface area (Å²) in [5.41, 5.74) is 2.15. The Morgan fingerprint density at radius 2 is 1.90 bits per heavy atom. The van der Waals surface area contributed by atoms with E-state index in [1.165, 1.54) is 18.2 Å². The third-order valence-electron chi connectivity index (χ3n) is 8.04. The van der Waals surface area contributed by atoms with Crippen LogP contribution in [0.15, 0.2) is 36.4 Å². The Balaban J connectivity index is 1.51. The topological polar surface area (TPSA) is 87.0 Å². The first-order valence-corrected chi connectivity index (χ1v) is 10.9. The van der Waals surface area contributed by atoms with E-state index < -0.39 is 5.97 Å². The van der Waals surface area contributed by atoms with Crippen LogP contribution in [-0.2, 0) is 6.42 Å². The summed E-state index contributed by atoms with van der Waals surface area (Å²) in [4.78, 5) is 12.8. The number of carbonyl (C=O) groups is 1. The number of aliphatic hydroxyl groups excluding tert-OH is 1. The van der Waals surface area contributed by atoms with Gasteiger partial charge in [-0.2, -0.15) is 0 Å². The fraction of sp³-hybridized carbons (Fsp3) is 0.480. The minimum atomic E-state index is -0.625. The predicted octanol–water partition coefficient (Wildman–Crippen LogP) is 4.53. The second-order valence-corrected chi connectivity index (χ2v) is 9.48. The number of carbonyl (C=O) groups excluding carboxylic acids is 1. The Labute approximate surface area is 176 Å². The molecule has 0 unspecified atom stereocenters. The predicted molar refractivity (Wildman–Crippen MR) is 112 cm³/mol. The molecule has 0 saturated heterocycles. The molecule has 5 rings (SSSR count). The summed E-state index contributed by atoms with van der Waals surface area (Å²) in [5, 5.41) is 30.9. The van der Waals surface area contributed by atoms with Crippen LogP contribution in [0, 0.1) is 17.3 Å². The molecule has 3 aliphatic rings. The van der Waals surface area contributed by atoms with Crippen LogP contribution in [0.2, 0.25) is 0 Å². The summed E-state index contributed by atoms with van der Waals surface area (Å²) in [6.45, 7) is 2.23. The fourth-order valence-electron chi connectivity index (χ4n) is 6.52. The van der Waals surface area contributed by atoms with Crippen LogP contribution in [0.25, 0.3) is 0 Å². The standard InChI is InChI=1S/C25H28O5/c1-25-11-10-17-16(19(25)8-9-22(25)28)7-6-14-12-15(26)13-21(23(14)17)30-24(29)18-4-2-3-5-20(18)27/h2-5,12-13,16-17,19,22,26-28H,6-11H2,1H3/t16-,17+,19+,22-,25+/m1/s1. The van der Waals surface area contributed by atoms with Crippen LogP contribution >= 0.6 is 0 Å². The number of rotatable bonds is 2. The van der Waals surface area contributed by atoms with Crippen molar-refractivity contribution in [3.8, 4) is 17.2 Å². The summed E-state index contributed by atoms with van der Waals surface area (Å²) in [6.07, 6.45) is 5.42. The number of phenolic OH excluding ortho intramolecular Hbond substituents is 2. The molecule has 0 radical (unpaired) electrons. The molecule has 0 heterocycles. The van der Waals surface area contributed by atoms with Gasteiger partial charge in [0.25, 0.3) is 0 Å². The van der Waals surface area contributed by atoms with Crippen molar-refractivity contribution in [3.63, 3.8) is 0 Å². The number of esters is 1. The smallest absolute Gasteiger partial charge is 0.347 e. The summed E-state index contributed by atoms with van der Waals surface area (Å²) in [5.74, 6) is 0.905. The molecule has 2 aromatic rings. The molecule has 0 bridgehead atoms. The molecule has 3 N–H and O–H groups in total. The van der Waals surface area contributed by atoms with Gasteiger partial charge >= 0.3 is 5.97 Å². The maximum absolute atomic E-state index is 12.8. The van der Waals surface area contributed by atoms with E-state index in [9.17, 15) is 20.1 Å². The Morgan fingerprint density at radius 1 is 1.10 bits per heavy atom. The third kappa shape index (κ3) is 2.90. The molecule has 0 aliphatic heterocycles. The van der Waals surface area contributed by atoms with Crippen LogP contribution in [0.5, 0.6) is 17.2 Å². The van der Waals surface area contributed by atoms with Gasteiger partial charge in [-0.1, -0.05) is 19.1 Å². The van der Waals surface area contributed by atoms with Gasteiger partial charge in [0.2, 0.25) is 0 Å². The number of hydrogen-bond donors (Lipinski definition) is 3. The van der Waals surface area contributed by atoms with Crippen molar-refractivity contribution in [2.45, 2.75) is 57.5 Å². The first-order chi connectivity index (χ1) is 14.4. The highest BCUT2D eigenvalue weighted by Gasteiger charge is 2.54. The van der Waals surface area contributed by atoms with E-state index in [2.05, 4.69) is 6.92 Å². The van der Waals surface area contributed by atoms with E-state index in [4.69, 9.17) is 4.74 Å². The highest BCUT2D eigenvalue weighted by molar-refractivity contribution is 5.94. The number of para-hydroxylation sites is 1. The van der Waals surface area contributed by atoms with Gasteiger partial charge in [-0.05, 0) is 85.5 Å². The monoisotopic (exact) mass is 408 g/mol. The molecule has 0 aromatic heterocycles. The van der Waals surface area contributed by atoms with E-state index >= 15 is 0 Å². The van der Waals surface area contributed by atoms with Crippen molar-refractivity contribution in [1.29, 1.82) is 0 Å². The van der Waals surface area contributed by atoms with Gasteiger partial charge in [0.15, 0.2) is 0 Å². The average Bonchev–Trinajstić information content (AvgIpc) is 3.02. The van der Waals surface area contributed by atoms with Crippen LogP contribution in [0.4, 0.5) is 0 Å². The minimum absolute atomic E-state index is 0.0255. The first-order valence-electron chi connectivity index (χ1n) is 10.9. The number of aromatic hydroxyl groups is 2.